The van der Waals surface area contributed by atoms with E-state index in [1.807, 2.05) is 0 Å². The van der Waals surface area contributed by atoms with E-state index >= 15 is 0 Å². The van der Waals surface area contributed by atoms with Crippen molar-refractivity contribution in [1.82, 2.24) is 0 Å². The van der Waals surface area contributed by atoms with Crippen LogP contribution in [0, 0.1) is 5.92 Å². The summed E-state index contributed by atoms with van der Waals surface area (Å²) < 4.78 is 0. The Morgan fingerprint density at radius 2 is 1.49 bits per heavy atom. The lowest BCUT2D eigenvalue weighted by molar-refractivity contribution is 1.01. The Kier molecular flexibility index (Phi) is 8.82. The number of hydrogen-bond acceptors (Lipinski definition) is 0. The summed E-state index contributed by atoms with van der Waals surface area (Å²) in [6.07, 6.45) is 40.9. The Labute approximate surface area is 313 Å². The fourth-order valence-electron chi connectivity index (χ4n) is 8.87. The van der Waals surface area contributed by atoms with Gasteiger partial charge in [0.15, 0.2) is 0 Å². The minimum Gasteiger partial charge on any atom is -0.0801 e. The van der Waals surface area contributed by atoms with Crippen LogP contribution >= 0.6 is 0 Å². The molecule has 0 saturated carbocycles. The van der Waals surface area contributed by atoms with Gasteiger partial charge in [0, 0.05) is 5.92 Å². The molecular weight excluding hydrogens is 637 g/mol. The summed E-state index contributed by atoms with van der Waals surface area (Å²) in [6.45, 7) is 4.42. The first-order valence-corrected chi connectivity index (χ1v) is 19.2. The van der Waals surface area contributed by atoms with E-state index in [2.05, 4.69) is 190 Å². The summed E-state index contributed by atoms with van der Waals surface area (Å²) in [5.41, 5.74) is 14.6. The Balaban J connectivity index is 1.30. The van der Waals surface area contributed by atoms with E-state index in [9.17, 15) is 0 Å². The molecule has 0 amide bonds. The molecule has 2 bridgehead atoms. The zero-order chi connectivity index (χ0) is 35.7. The summed E-state index contributed by atoms with van der Waals surface area (Å²) in [4.78, 5) is 0. The molecular formula is C53H44. The quantitative estimate of drug-likeness (QED) is 0.177. The van der Waals surface area contributed by atoms with Crippen LogP contribution in [0.25, 0.3) is 67.6 Å². The molecule has 5 aromatic carbocycles. The molecule has 0 aliphatic heterocycles. The Morgan fingerprint density at radius 1 is 0.642 bits per heavy atom. The summed E-state index contributed by atoms with van der Waals surface area (Å²) in [5.74, 6) is 0.264. The first-order valence-electron chi connectivity index (χ1n) is 19.2. The van der Waals surface area contributed by atoms with Crippen LogP contribution in [0.4, 0.5) is 0 Å². The van der Waals surface area contributed by atoms with Crippen molar-refractivity contribution in [3.63, 3.8) is 0 Å². The number of fused-ring (bicyclic) bond motifs is 4. The lowest BCUT2D eigenvalue weighted by Gasteiger charge is -2.20. The highest BCUT2D eigenvalue weighted by atomic mass is 14.2. The second kappa shape index (κ2) is 14.2. The Bertz CT molecular complexity index is 2720. The Hall–Kier alpha value is -5.98. The highest BCUT2D eigenvalue weighted by Crippen LogP contribution is 2.39. The average Bonchev–Trinajstić information content (AvgIpc) is 3.77. The van der Waals surface area contributed by atoms with Gasteiger partial charge >= 0.3 is 0 Å². The number of rotatable bonds is 4. The van der Waals surface area contributed by atoms with Crippen molar-refractivity contribution in [3.05, 3.63) is 202 Å². The van der Waals surface area contributed by atoms with E-state index in [-0.39, 0.29) is 5.92 Å². The number of benzene rings is 5. The lowest BCUT2D eigenvalue weighted by Crippen LogP contribution is -2.31. The molecule has 256 valence electrons. The van der Waals surface area contributed by atoms with Crippen molar-refractivity contribution in [2.45, 2.75) is 39.5 Å². The van der Waals surface area contributed by atoms with Gasteiger partial charge in [-0.25, -0.2) is 0 Å². The normalized spacial score (nSPS) is 18.6. The Morgan fingerprint density at radius 3 is 2.42 bits per heavy atom. The molecule has 0 nitrogen and oxygen atoms in total. The van der Waals surface area contributed by atoms with Crippen molar-refractivity contribution in [3.8, 4) is 11.1 Å². The topological polar surface area (TPSA) is 0 Å². The van der Waals surface area contributed by atoms with E-state index in [1.165, 1.54) is 93.2 Å². The summed E-state index contributed by atoms with van der Waals surface area (Å²) >= 11 is 0. The lowest BCUT2D eigenvalue weighted by atomic mass is 9.83. The van der Waals surface area contributed by atoms with Crippen molar-refractivity contribution < 1.29 is 0 Å². The molecule has 0 N–H and O–H groups in total. The first-order chi connectivity index (χ1) is 26.2. The molecule has 0 heterocycles. The second-order valence-corrected chi connectivity index (χ2v) is 14.5. The van der Waals surface area contributed by atoms with Crippen LogP contribution in [0.1, 0.15) is 60.9 Å². The fraction of sp³-hybridized carbons (Fsp3) is 0.132. The van der Waals surface area contributed by atoms with Gasteiger partial charge in [-0.3, -0.25) is 0 Å². The van der Waals surface area contributed by atoms with Crippen LogP contribution < -0.4 is 10.4 Å². The van der Waals surface area contributed by atoms with Crippen molar-refractivity contribution in [1.29, 1.82) is 0 Å². The molecule has 53 heavy (non-hydrogen) atoms. The minimum absolute atomic E-state index is 0.264. The molecule has 5 aromatic rings. The van der Waals surface area contributed by atoms with Crippen LogP contribution in [0.3, 0.4) is 0 Å². The third-order valence-electron chi connectivity index (χ3n) is 11.4. The number of hydrogen-bond donors (Lipinski definition) is 0. The predicted molar refractivity (Wildman–Crippen MR) is 232 cm³/mol. The van der Waals surface area contributed by atoms with Gasteiger partial charge in [0.05, 0.1) is 0 Å². The van der Waals surface area contributed by atoms with Gasteiger partial charge in [0.1, 0.15) is 0 Å². The molecule has 0 saturated heterocycles. The maximum Gasteiger partial charge on any atom is 0.0210 e. The SMILES string of the molecule is C/C=c1/c(C2=CC=C(c3cccc4ccccc34)C=CC2)c2cc(C3=CCCC4=CC3C=CC=C4)ccc2c(-c2ccc3c(c2)CC=CC=C3)/c1=C/C. The number of allylic oxidation sites excluding steroid dienone is 17. The largest absolute Gasteiger partial charge is 0.0801 e. The standard InChI is InChI=1S/C53H44/c1-3-45-46(4-2)53(44-30-27-37-17-6-5-7-19-41(37)34-44)50-32-31-43(47-25-12-16-36-15-8-9-20-42(47)33-36)35-51(50)52(45)40-23-13-21-39(28-29-40)49-26-14-22-38-18-10-11-24-48(38)49/h3-11,13-15,17-18,20-22,24-35,42H,12,16,19,23H2,1-2H3/b45-3+,46-4+. The van der Waals surface area contributed by atoms with E-state index in [0.717, 1.165) is 25.7 Å². The fourth-order valence-corrected chi connectivity index (χ4v) is 8.87. The third-order valence-corrected chi connectivity index (χ3v) is 11.4. The molecule has 0 aromatic heterocycles. The third kappa shape index (κ3) is 6.09. The molecule has 9 rings (SSSR count). The van der Waals surface area contributed by atoms with Crippen molar-refractivity contribution in [2.24, 2.45) is 5.92 Å². The minimum atomic E-state index is 0.264. The molecule has 0 heteroatoms. The van der Waals surface area contributed by atoms with Gasteiger partial charge in [-0.2, -0.15) is 0 Å². The smallest absolute Gasteiger partial charge is 0.0210 e. The molecule has 0 spiro atoms. The molecule has 0 radical (unpaired) electrons. The highest BCUT2D eigenvalue weighted by molar-refractivity contribution is 6.06. The monoisotopic (exact) mass is 680 g/mol. The zero-order valence-corrected chi connectivity index (χ0v) is 30.6. The van der Waals surface area contributed by atoms with Crippen LogP contribution in [0.2, 0.25) is 0 Å². The zero-order valence-electron chi connectivity index (χ0n) is 30.6. The van der Waals surface area contributed by atoms with E-state index < -0.39 is 0 Å². The molecule has 0 fully saturated rings. The maximum absolute atomic E-state index is 2.51. The molecule has 1 unspecified atom stereocenters. The van der Waals surface area contributed by atoms with Crippen LogP contribution in [-0.4, -0.2) is 0 Å². The summed E-state index contributed by atoms with van der Waals surface area (Å²) in [7, 11) is 0. The van der Waals surface area contributed by atoms with Crippen molar-refractivity contribution >= 4 is 56.5 Å². The van der Waals surface area contributed by atoms with E-state index in [4.69, 9.17) is 0 Å². The van der Waals surface area contributed by atoms with Gasteiger partial charge < -0.3 is 0 Å². The summed E-state index contributed by atoms with van der Waals surface area (Å²) in [6, 6.07) is 29.7. The van der Waals surface area contributed by atoms with Gasteiger partial charge in [0.25, 0.3) is 0 Å². The molecule has 4 aliphatic carbocycles. The molecule has 4 aliphatic rings. The van der Waals surface area contributed by atoms with Crippen LogP contribution in [0.5, 0.6) is 0 Å². The predicted octanol–water partition coefficient (Wildman–Crippen LogP) is 12.7. The van der Waals surface area contributed by atoms with Gasteiger partial charge in [-0.1, -0.05) is 176 Å². The van der Waals surface area contributed by atoms with E-state index in [1.54, 1.807) is 0 Å². The van der Waals surface area contributed by atoms with Crippen molar-refractivity contribution in [2.75, 3.05) is 0 Å². The first kappa shape index (κ1) is 32.9. The van der Waals surface area contributed by atoms with Gasteiger partial charge in [0.2, 0.25) is 0 Å². The second-order valence-electron chi connectivity index (χ2n) is 14.5. The molecule has 1 atom stereocenters. The van der Waals surface area contributed by atoms with Gasteiger partial charge in [-0.05, 0) is 133 Å². The van der Waals surface area contributed by atoms with E-state index in [0.29, 0.717) is 0 Å². The summed E-state index contributed by atoms with van der Waals surface area (Å²) in [5, 5.41) is 7.78. The van der Waals surface area contributed by atoms with Crippen LogP contribution in [0.15, 0.2) is 163 Å². The van der Waals surface area contributed by atoms with Crippen LogP contribution in [-0.2, 0) is 6.42 Å². The maximum atomic E-state index is 2.51. The average molecular weight is 681 g/mol. The highest BCUT2D eigenvalue weighted by Gasteiger charge is 2.21. The van der Waals surface area contributed by atoms with Gasteiger partial charge in [-0.15, -0.1) is 0 Å².